The third-order valence-electron chi connectivity index (χ3n) is 1.64. The number of rotatable bonds is 1. The van der Waals surface area contributed by atoms with Gasteiger partial charge in [0.05, 0.1) is 5.69 Å². The molecule has 0 aliphatic carbocycles. The molecule has 2 aromatic rings. The number of hydrogen-bond donors (Lipinski definition) is 0. The first-order valence-corrected chi connectivity index (χ1v) is 3.77. The van der Waals surface area contributed by atoms with Gasteiger partial charge in [0.25, 0.3) is 0 Å². The number of nitrogens with zero attached hydrogens (tertiary/aromatic N) is 3. The van der Waals surface area contributed by atoms with Gasteiger partial charge in [0.2, 0.25) is 0 Å². The Hall–Kier alpha value is -1.00. The van der Waals surface area contributed by atoms with Gasteiger partial charge in [0.15, 0.2) is 0 Å². The maximum absolute atomic E-state index is 4.24. The molecule has 68 valence electrons. The first-order chi connectivity index (χ1) is 5.86. The summed E-state index contributed by atoms with van der Waals surface area (Å²) in [5, 5.41) is 4.24. The Morgan fingerprint density at radius 3 is 2.54 bits per heavy atom. The van der Waals surface area contributed by atoms with Gasteiger partial charge in [-0.05, 0) is 18.2 Å². The predicted molar refractivity (Wildman–Crippen MR) is 46.4 cm³/mol. The molecule has 0 atom stereocenters. The van der Waals surface area contributed by atoms with Crippen molar-refractivity contribution in [3.05, 3.63) is 36.7 Å². The number of pyridine rings is 1. The molecular weight excluding hydrogens is 340 g/mol. The minimum absolute atomic E-state index is 0. The summed E-state index contributed by atoms with van der Waals surface area (Å²) in [5.74, 6) is 0. The van der Waals surface area contributed by atoms with Crippen LogP contribution in [0.2, 0.25) is 0 Å². The zero-order valence-corrected chi connectivity index (χ0v) is 9.70. The Labute approximate surface area is 89.9 Å². The van der Waals surface area contributed by atoms with Crippen LogP contribution in [-0.4, -0.2) is 14.8 Å². The maximum Gasteiger partial charge on any atom is 0.111 e. The van der Waals surface area contributed by atoms with Crippen molar-refractivity contribution in [2.75, 3.05) is 0 Å². The largest absolute Gasteiger partial charge is 0.275 e. The minimum atomic E-state index is 0. The van der Waals surface area contributed by atoms with Crippen molar-refractivity contribution in [3.63, 3.8) is 0 Å². The summed E-state index contributed by atoms with van der Waals surface area (Å²) in [6, 6.07) is 7.74. The van der Waals surface area contributed by atoms with E-state index in [0.717, 1.165) is 11.4 Å². The van der Waals surface area contributed by atoms with E-state index in [9.17, 15) is 0 Å². The van der Waals surface area contributed by atoms with Crippen LogP contribution in [0.3, 0.4) is 0 Å². The molecule has 2 rings (SSSR count). The van der Waals surface area contributed by atoms with E-state index >= 15 is 0 Å². The van der Waals surface area contributed by atoms with Crippen molar-refractivity contribution in [1.29, 1.82) is 0 Å². The molecule has 0 saturated heterocycles. The van der Waals surface area contributed by atoms with Crippen molar-refractivity contribution in [2.45, 2.75) is 0 Å². The summed E-state index contributed by atoms with van der Waals surface area (Å²) in [7, 11) is 1.90. The van der Waals surface area contributed by atoms with Gasteiger partial charge >= 0.3 is 0 Å². The Balaban J connectivity index is 0.000000845. The third kappa shape index (κ3) is 2.23. The number of hydrogen-bond acceptors (Lipinski definition) is 2. The molecule has 4 heteroatoms. The molecule has 0 unspecified atom stereocenters. The SMILES string of the molecule is Cn1ccc(-c2ccccn2)n1.[Os]. The maximum atomic E-state index is 4.24. The average Bonchev–Trinajstić information content (AvgIpc) is 2.54. The summed E-state index contributed by atoms with van der Waals surface area (Å²) in [5.41, 5.74) is 1.83. The molecule has 0 amide bonds. The van der Waals surface area contributed by atoms with Crippen LogP contribution in [0, 0.1) is 0 Å². The molecule has 3 nitrogen and oxygen atoms in total. The third-order valence-corrected chi connectivity index (χ3v) is 1.64. The summed E-state index contributed by atoms with van der Waals surface area (Å²) in [6.07, 6.45) is 3.67. The van der Waals surface area contributed by atoms with Crippen molar-refractivity contribution < 1.29 is 19.8 Å². The molecule has 2 heterocycles. The van der Waals surface area contributed by atoms with Crippen molar-refractivity contribution in [1.82, 2.24) is 14.8 Å². The zero-order chi connectivity index (χ0) is 8.39. The fourth-order valence-electron chi connectivity index (χ4n) is 1.07. The van der Waals surface area contributed by atoms with Gasteiger partial charge in [-0.2, -0.15) is 5.10 Å². The van der Waals surface area contributed by atoms with Crippen LogP contribution >= 0.6 is 0 Å². The second-order valence-electron chi connectivity index (χ2n) is 2.59. The van der Waals surface area contributed by atoms with Gasteiger partial charge in [0.1, 0.15) is 5.69 Å². The molecule has 0 N–H and O–H groups in total. The van der Waals surface area contributed by atoms with Crippen LogP contribution in [0.4, 0.5) is 0 Å². The quantitative estimate of drug-likeness (QED) is 0.781. The second kappa shape index (κ2) is 4.29. The minimum Gasteiger partial charge on any atom is -0.275 e. The van der Waals surface area contributed by atoms with Gasteiger partial charge in [-0.25, -0.2) is 0 Å². The van der Waals surface area contributed by atoms with Crippen molar-refractivity contribution in [3.8, 4) is 11.4 Å². The molecule has 0 aliphatic heterocycles. The van der Waals surface area contributed by atoms with E-state index in [4.69, 9.17) is 0 Å². The summed E-state index contributed by atoms with van der Waals surface area (Å²) < 4.78 is 1.77. The summed E-state index contributed by atoms with van der Waals surface area (Å²) in [4.78, 5) is 4.19. The normalized spacial score (nSPS) is 9.31. The molecule has 0 bridgehead atoms. The topological polar surface area (TPSA) is 30.7 Å². The monoisotopic (exact) mass is 351 g/mol. The van der Waals surface area contributed by atoms with Crippen LogP contribution in [-0.2, 0) is 26.8 Å². The van der Waals surface area contributed by atoms with E-state index in [0.29, 0.717) is 0 Å². The molecule has 0 saturated carbocycles. The van der Waals surface area contributed by atoms with E-state index in [1.165, 1.54) is 0 Å². The molecule has 0 radical (unpaired) electrons. The van der Waals surface area contributed by atoms with Crippen LogP contribution < -0.4 is 0 Å². The molecule has 0 aliphatic rings. The van der Waals surface area contributed by atoms with Gasteiger partial charge in [-0.1, -0.05) is 6.07 Å². The number of aromatic nitrogens is 3. The Bertz CT molecular complexity index is 369. The molecule has 0 fully saturated rings. The van der Waals surface area contributed by atoms with Crippen molar-refractivity contribution in [2.24, 2.45) is 7.05 Å². The van der Waals surface area contributed by atoms with Crippen LogP contribution in [0.25, 0.3) is 11.4 Å². The summed E-state index contributed by atoms with van der Waals surface area (Å²) >= 11 is 0. The smallest absolute Gasteiger partial charge is 0.111 e. The Kier molecular flexibility index (Phi) is 3.33. The molecule has 0 spiro atoms. The fraction of sp³-hybridized carbons (Fsp3) is 0.111. The van der Waals surface area contributed by atoms with Gasteiger partial charge in [-0.3, -0.25) is 9.67 Å². The Morgan fingerprint density at radius 2 is 2.00 bits per heavy atom. The first-order valence-electron chi connectivity index (χ1n) is 3.77. The number of aryl methyl sites for hydroxylation is 1. The van der Waals surface area contributed by atoms with Gasteiger partial charge in [-0.15, -0.1) is 0 Å². The summed E-state index contributed by atoms with van der Waals surface area (Å²) in [6.45, 7) is 0. The fourth-order valence-corrected chi connectivity index (χ4v) is 1.07. The van der Waals surface area contributed by atoms with Crippen LogP contribution in [0.5, 0.6) is 0 Å². The second-order valence-corrected chi connectivity index (χ2v) is 2.59. The van der Waals surface area contributed by atoms with E-state index < -0.39 is 0 Å². The van der Waals surface area contributed by atoms with E-state index in [-0.39, 0.29) is 19.8 Å². The van der Waals surface area contributed by atoms with E-state index in [1.807, 2.05) is 37.5 Å². The average molecular weight is 349 g/mol. The van der Waals surface area contributed by atoms with Crippen molar-refractivity contribution >= 4 is 0 Å². The zero-order valence-electron chi connectivity index (χ0n) is 7.16. The standard InChI is InChI=1S/C9H9N3.Os/c1-12-7-5-9(11-12)8-4-2-3-6-10-8;/h2-7H,1H3;. The Morgan fingerprint density at radius 1 is 1.15 bits per heavy atom. The molecular formula is C9H9N3Os. The van der Waals surface area contributed by atoms with Crippen LogP contribution in [0.1, 0.15) is 0 Å². The molecule has 0 aromatic carbocycles. The van der Waals surface area contributed by atoms with Crippen LogP contribution in [0.15, 0.2) is 36.7 Å². The first kappa shape index (κ1) is 10.1. The van der Waals surface area contributed by atoms with E-state index in [1.54, 1.807) is 10.9 Å². The van der Waals surface area contributed by atoms with Gasteiger partial charge in [0, 0.05) is 39.2 Å². The van der Waals surface area contributed by atoms with E-state index in [2.05, 4.69) is 10.1 Å². The van der Waals surface area contributed by atoms with Gasteiger partial charge < -0.3 is 0 Å². The molecule has 2 aromatic heterocycles. The predicted octanol–water partition coefficient (Wildman–Crippen LogP) is 1.48. The molecule has 13 heavy (non-hydrogen) atoms.